The summed E-state index contributed by atoms with van der Waals surface area (Å²) in [6.07, 6.45) is 1.22. The summed E-state index contributed by atoms with van der Waals surface area (Å²) in [6, 6.07) is 0. The lowest BCUT2D eigenvalue weighted by Gasteiger charge is -2.20. The van der Waals surface area contributed by atoms with E-state index in [9.17, 15) is 9.59 Å². The van der Waals surface area contributed by atoms with E-state index in [1.54, 1.807) is 6.92 Å². The second-order valence-corrected chi connectivity index (χ2v) is 5.14. The summed E-state index contributed by atoms with van der Waals surface area (Å²) in [5.41, 5.74) is -0.398. The lowest BCUT2D eigenvalue weighted by atomic mass is 10.1. The number of carboxylic acids is 1. The molecule has 1 aromatic heterocycles. The molecule has 0 aliphatic rings. The van der Waals surface area contributed by atoms with E-state index in [0.29, 0.717) is 5.82 Å². The van der Waals surface area contributed by atoms with E-state index in [1.807, 2.05) is 20.8 Å². The van der Waals surface area contributed by atoms with Gasteiger partial charge in [-0.2, -0.15) is 0 Å². The standard InChI is InChI=1S/C12H18N4O3/c1-7-13-5-8(11(18)19)10(15-7)14-6-9(17)16-12(2,3)4/h5H,6H2,1-4H3,(H,16,17)(H,18,19)(H,13,14,15). The molecule has 19 heavy (non-hydrogen) atoms. The van der Waals surface area contributed by atoms with Crippen molar-refractivity contribution in [1.82, 2.24) is 15.3 Å². The van der Waals surface area contributed by atoms with Gasteiger partial charge in [0.05, 0.1) is 6.54 Å². The SMILES string of the molecule is Cc1ncc(C(=O)O)c(NCC(=O)NC(C)(C)C)n1. The third-order valence-electron chi connectivity index (χ3n) is 2.07. The lowest BCUT2D eigenvalue weighted by Crippen LogP contribution is -2.43. The Bertz CT molecular complexity index is 494. The Kier molecular flexibility index (Phi) is 4.42. The molecular weight excluding hydrogens is 248 g/mol. The highest BCUT2D eigenvalue weighted by atomic mass is 16.4. The average Bonchev–Trinajstić information content (AvgIpc) is 2.23. The van der Waals surface area contributed by atoms with Crippen LogP contribution in [0.3, 0.4) is 0 Å². The van der Waals surface area contributed by atoms with Gasteiger partial charge in [-0.3, -0.25) is 4.79 Å². The van der Waals surface area contributed by atoms with Gasteiger partial charge in [-0.05, 0) is 27.7 Å². The Morgan fingerprint density at radius 2 is 2.00 bits per heavy atom. The van der Waals surface area contributed by atoms with Crippen LogP contribution in [0.2, 0.25) is 0 Å². The van der Waals surface area contributed by atoms with E-state index < -0.39 is 5.97 Å². The number of nitrogens with zero attached hydrogens (tertiary/aromatic N) is 2. The number of aryl methyl sites for hydroxylation is 1. The number of aromatic nitrogens is 2. The normalized spacial score (nSPS) is 10.9. The van der Waals surface area contributed by atoms with Crippen molar-refractivity contribution in [2.24, 2.45) is 0 Å². The zero-order chi connectivity index (χ0) is 14.6. The number of rotatable bonds is 4. The molecule has 0 atom stereocenters. The number of nitrogens with one attached hydrogen (secondary N) is 2. The fourth-order valence-electron chi connectivity index (χ4n) is 1.39. The van der Waals surface area contributed by atoms with Crippen LogP contribution in [0.25, 0.3) is 0 Å². The number of hydrogen-bond acceptors (Lipinski definition) is 5. The second-order valence-electron chi connectivity index (χ2n) is 5.14. The summed E-state index contributed by atoms with van der Waals surface area (Å²) in [7, 11) is 0. The molecule has 0 aromatic carbocycles. The summed E-state index contributed by atoms with van der Waals surface area (Å²) < 4.78 is 0. The van der Waals surface area contributed by atoms with Crippen LogP contribution >= 0.6 is 0 Å². The van der Waals surface area contributed by atoms with Crippen molar-refractivity contribution in [2.75, 3.05) is 11.9 Å². The van der Waals surface area contributed by atoms with Gasteiger partial charge in [-0.1, -0.05) is 0 Å². The molecule has 1 amide bonds. The minimum atomic E-state index is -1.14. The number of carbonyl (C=O) groups excluding carboxylic acids is 1. The monoisotopic (exact) mass is 266 g/mol. The van der Waals surface area contributed by atoms with Crippen molar-refractivity contribution in [2.45, 2.75) is 33.2 Å². The minimum Gasteiger partial charge on any atom is -0.477 e. The van der Waals surface area contributed by atoms with Gasteiger partial charge in [0, 0.05) is 11.7 Å². The first kappa shape index (κ1) is 14.9. The van der Waals surface area contributed by atoms with Crippen molar-refractivity contribution in [3.05, 3.63) is 17.6 Å². The molecule has 0 fully saturated rings. The van der Waals surface area contributed by atoms with Crippen LogP contribution in [0.1, 0.15) is 37.0 Å². The molecule has 0 aliphatic carbocycles. The first-order valence-corrected chi connectivity index (χ1v) is 5.81. The number of anilines is 1. The predicted octanol–water partition coefficient (Wildman–Crippen LogP) is 0.810. The molecule has 1 rings (SSSR count). The third kappa shape index (κ3) is 4.90. The number of amides is 1. The Hall–Kier alpha value is -2.18. The fraction of sp³-hybridized carbons (Fsp3) is 0.500. The summed E-state index contributed by atoms with van der Waals surface area (Å²) in [5, 5.41) is 14.5. The molecule has 0 saturated carbocycles. The van der Waals surface area contributed by atoms with E-state index in [2.05, 4.69) is 20.6 Å². The molecule has 104 valence electrons. The summed E-state index contributed by atoms with van der Waals surface area (Å²) >= 11 is 0. The van der Waals surface area contributed by atoms with Gasteiger partial charge in [0.15, 0.2) is 0 Å². The maximum Gasteiger partial charge on any atom is 0.341 e. The highest BCUT2D eigenvalue weighted by molar-refractivity contribution is 5.93. The van der Waals surface area contributed by atoms with E-state index in [0.717, 1.165) is 0 Å². The van der Waals surface area contributed by atoms with E-state index >= 15 is 0 Å². The van der Waals surface area contributed by atoms with Gasteiger partial charge in [0.25, 0.3) is 0 Å². The average molecular weight is 266 g/mol. The highest BCUT2D eigenvalue weighted by Gasteiger charge is 2.16. The van der Waals surface area contributed by atoms with Crippen molar-refractivity contribution >= 4 is 17.7 Å². The maximum absolute atomic E-state index is 11.6. The topological polar surface area (TPSA) is 104 Å². The molecule has 1 heterocycles. The van der Waals surface area contributed by atoms with Gasteiger partial charge in [-0.25, -0.2) is 14.8 Å². The van der Waals surface area contributed by atoms with E-state index in [4.69, 9.17) is 5.11 Å². The van der Waals surface area contributed by atoms with Crippen LogP contribution in [0.4, 0.5) is 5.82 Å². The number of aromatic carboxylic acids is 1. The number of carbonyl (C=O) groups is 2. The molecule has 0 bridgehead atoms. The molecule has 7 heteroatoms. The molecule has 0 radical (unpaired) electrons. The van der Waals surface area contributed by atoms with Crippen LogP contribution in [0, 0.1) is 6.92 Å². The molecule has 1 aromatic rings. The molecule has 7 nitrogen and oxygen atoms in total. The van der Waals surface area contributed by atoms with Gasteiger partial charge in [0.1, 0.15) is 17.2 Å². The van der Waals surface area contributed by atoms with Gasteiger partial charge >= 0.3 is 5.97 Å². The largest absolute Gasteiger partial charge is 0.477 e. The van der Waals surface area contributed by atoms with E-state index in [-0.39, 0.29) is 29.4 Å². The van der Waals surface area contributed by atoms with Gasteiger partial charge < -0.3 is 15.7 Å². The first-order chi connectivity index (χ1) is 8.69. The Morgan fingerprint density at radius 1 is 1.37 bits per heavy atom. The van der Waals surface area contributed by atoms with Crippen LogP contribution in [0.5, 0.6) is 0 Å². The summed E-state index contributed by atoms with van der Waals surface area (Å²) in [6.45, 7) is 7.19. The maximum atomic E-state index is 11.6. The molecule has 0 unspecified atom stereocenters. The van der Waals surface area contributed by atoms with Gasteiger partial charge in [0.2, 0.25) is 5.91 Å². The minimum absolute atomic E-state index is 0.0476. The summed E-state index contributed by atoms with van der Waals surface area (Å²) in [5.74, 6) is -0.799. The third-order valence-corrected chi connectivity index (χ3v) is 2.07. The quantitative estimate of drug-likeness (QED) is 0.745. The van der Waals surface area contributed by atoms with Crippen molar-refractivity contribution in [3.8, 4) is 0 Å². The Morgan fingerprint density at radius 3 is 2.53 bits per heavy atom. The molecule has 0 saturated heterocycles. The Balaban J connectivity index is 2.75. The zero-order valence-electron chi connectivity index (χ0n) is 11.4. The van der Waals surface area contributed by atoms with E-state index in [1.165, 1.54) is 6.20 Å². The fourth-order valence-corrected chi connectivity index (χ4v) is 1.39. The van der Waals surface area contributed by atoms with Gasteiger partial charge in [-0.15, -0.1) is 0 Å². The summed E-state index contributed by atoms with van der Waals surface area (Å²) in [4.78, 5) is 30.4. The molecular formula is C12H18N4O3. The number of carboxylic acid groups (broad SMARTS) is 1. The van der Waals surface area contributed by atoms with Crippen LogP contribution in [-0.2, 0) is 4.79 Å². The van der Waals surface area contributed by atoms with Crippen molar-refractivity contribution in [3.63, 3.8) is 0 Å². The number of hydrogen-bond donors (Lipinski definition) is 3. The highest BCUT2D eigenvalue weighted by Crippen LogP contribution is 2.11. The van der Waals surface area contributed by atoms with Crippen molar-refractivity contribution < 1.29 is 14.7 Å². The second kappa shape index (κ2) is 5.64. The van der Waals surface area contributed by atoms with Crippen molar-refractivity contribution in [1.29, 1.82) is 0 Å². The lowest BCUT2D eigenvalue weighted by molar-refractivity contribution is -0.120. The first-order valence-electron chi connectivity index (χ1n) is 5.81. The predicted molar refractivity (Wildman–Crippen MR) is 70.1 cm³/mol. The van der Waals surface area contributed by atoms with Crippen LogP contribution < -0.4 is 10.6 Å². The van der Waals surface area contributed by atoms with Crippen LogP contribution in [-0.4, -0.2) is 39.0 Å². The molecule has 3 N–H and O–H groups in total. The smallest absolute Gasteiger partial charge is 0.341 e. The Labute approximate surface area is 111 Å². The zero-order valence-corrected chi connectivity index (χ0v) is 11.4. The molecule has 0 spiro atoms. The van der Waals surface area contributed by atoms with Crippen LogP contribution in [0.15, 0.2) is 6.20 Å². The molecule has 0 aliphatic heterocycles.